The van der Waals surface area contributed by atoms with E-state index in [9.17, 15) is 18.0 Å². The minimum atomic E-state index is -4.57. The molecule has 0 saturated carbocycles. The average molecular weight is 383 g/mol. The lowest BCUT2D eigenvalue weighted by Crippen LogP contribution is -2.46. The number of alkyl halides is 3. The van der Waals surface area contributed by atoms with Crippen molar-refractivity contribution in [3.63, 3.8) is 0 Å². The molecule has 0 saturated heterocycles. The van der Waals surface area contributed by atoms with Gasteiger partial charge in [-0.2, -0.15) is 18.3 Å². The predicted octanol–water partition coefficient (Wildman–Crippen LogP) is 5.17. The van der Waals surface area contributed by atoms with Gasteiger partial charge in [-0.05, 0) is 64.3 Å². The lowest BCUT2D eigenvalue weighted by molar-refractivity contribution is -0.197. The number of ether oxygens (including phenoxy) is 1. The Morgan fingerprint density at radius 1 is 1.11 bits per heavy atom. The monoisotopic (exact) mass is 383 g/mol. The predicted molar refractivity (Wildman–Crippen MR) is 96.8 cm³/mol. The van der Waals surface area contributed by atoms with Crippen LogP contribution in [0.5, 0.6) is 0 Å². The number of halogens is 3. The second kappa shape index (κ2) is 6.90. The van der Waals surface area contributed by atoms with E-state index in [4.69, 9.17) is 4.74 Å². The molecule has 5 nitrogen and oxygen atoms in total. The Labute approximate surface area is 156 Å². The summed E-state index contributed by atoms with van der Waals surface area (Å²) in [6.45, 7) is 9.55. The quantitative estimate of drug-likeness (QED) is 0.795. The zero-order valence-corrected chi connectivity index (χ0v) is 16.2. The molecule has 0 bridgehead atoms. The Kier molecular flexibility index (Phi) is 5.32. The normalized spacial score (nSPS) is 14.6. The van der Waals surface area contributed by atoms with Crippen LogP contribution in [0, 0.1) is 13.8 Å². The molecular weight excluding hydrogens is 359 g/mol. The van der Waals surface area contributed by atoms with Crippen LogP contribution in [0.3, 0.4) is 0 Å². The fourth-order valence-corrected chi connectivity index (χ4v) is 2.81. The first-order valence-corrected chi connectivity index (χ1v) is 8.44. The summed E-state index contributed by atoms with van der Waals surface area (Å²) >= 11 is 0. The van der Waals surface area contributed by atoms with Gasteiger partial charge in [0.2, 0.25) is 0 Å². The van der Waals surface area contributed by atoms with Gasteiger partial charge < -0.3 is 4.74 Å². The van der Waals surface area contributed by atoms with Crippen molar-refractivity contribution in [2.45, 2.75) is 58.9 Å². The number of aryl methyl sites for hydroxylation is 2. The van der Waals surface area contributed by atoms with Gasteiger partial charge in [0, 0.05) is 18.1 Å². The summed E-state index contributed by atoms with van der Waals surface area (Å²) in [5.41, 5.74) is -1.56. The van der Waals surface area contributed by atoms with Gasteiger partial charge in [0.1, 0.15) is 5.60 Å². The maximum atomic E-state index is 14.0. The van der Waals surface area contributed by atoms with Gasteiger partial charge in [-0.15, -0.1) is 0 Å². The van der Waals surface area contributed by atoms with E-state index in [0.717, 1.165) is 11.6 Å². The molecule has 0 aliphatic rings. The Morgan fingerprint density at radius 3 is 2.07 bits per heavy atom. The van der Waals surface area contributed by atoms with E-state index in [0.29, 0.717) is 16.8 Å². The molecule has 2 rings (SSSR count). The fourth-order valence-electron chi connectivity index (χ4n) is 2.81. The number of nitrogens with one attached hydrogen (secondary N) is 1. The highest BCUT2D eigenvalue weighted by atomic mass is 19.4. The van der Waals surface area contributed by atoms with Crippen LogP contribution >= 0.6 is 0 Å². The number of anilines is 1. The molecule has 0 aliphatic heterocycles. The molecule has 0 radical (unpaired) electrons. The van der Waals surface area contributed by atoms with Gasteiger partial charge in [0.25, 0.3) is 0 Å². The third kappa shape index (κ3) is 4.26. The summed E-state index contributed by atoms with van der Waals surface area (Å²) in [7, 11) is 0. The van der Waals surface area contributed by atoms with Crippen LogP contribution in [0.1, 0.15) is 44.4 Å². The van der Waals surface area contributed by atoms with Crippen molar-refractivity contribution in [2.24, 2.45) is 0 Å². The molecule has 1 heterocycles. The van der Waals surface area contributed by atoms with E-state index >= 15 is 0 Å². The number of benzene rings is 1. The summed E-state index contributed by atoms with van der Waals surface area (Å²) in [6, 6.07) is 4.27. The number of aromatic nitrogens is 2. The van der Waals surface area contributed by atoms with Crippen LogP contribution in [-0.2, 0) is 10.3 Å². The van der Waals surface area contributed by atoms with E-state index in [1.165, 1.54) is 30.6 Å². The lowest BCUT2D eigenvalue weighted by atomic mass is 9.88. The molecule has 1 aromatic carbocycles. The zero-order valence-electron chi connectivity index (χ0n) is 16.2. The van der Waals surface area contributed by atoms with Gasteiger partial charge in [0.05, 0.1) is 0 Å². The van der Waals surface area contributed by atoms with Crippen molar-refractivity contribution in [1.82, 2.24) is 9.78 Å². The average Bonchev–Trinajstić information content (AvgIpc) is 3.01. The summed E-state index contributed by atoms with van der Waals surface area (Å²) in [6.07, 6.45) is -2.64. The van der Waals surface area contributed by atoms with Gasteiger partial charge in [-0.1, -0.05) is 12.1 Å². The van der Waals surface area contributed by atoms with E-state index < -0.39 is 23.4 Å². The second-order valence-corrected chi connectivity index (χ2v) is 7.63. The highest BCUT2D eigenvalue weighted by Crippen LogP contribution is 2.43. The van der Waals surface area contributed by atoms with Crippen LogP contribution < -0.4 is 5.32 Å². The minimum Gasteiger partial charge on any atom is -0.444 e. The maximum absolute atomic E-state index is 14.0. The van der Waals surface area contributed by atoms with E-state index in [1.54, 1.807) is 34.6 Å². The molecule has 27 heavy (non-hydrogen) atoms. The van der Waals surface area contributed by atoms with Gasteiger partial charge in [-0.25, -0.2) is 4.79 Å². The van der Waals surface area contributed by atoms with Crippen molar-refractivity contribution < 1.29 is 22.7 Å². The first-order chi connectivity index (χ1) is 12.3. The molecule has 1 unspecified atom stereocenters. The number of rotatable bonds is 3. The number of carbonyl (C=O) groups is 1. The molecule has 1 amide bonds. The summed E-state index contributed by atoms with van der Waals surface area (Å²) in [4.78, 5) is 12.0. The van der Waals surface area contributed by atoms with Crippen LogP contribution in [0.15, 0.2) is 30.6 Å². The molecular formula is C19H24F3N3O2. The lowest BCUT2D eigenvalue weighted by Gasteiger charge is -2.34. The SMILES string of the molecule is Cc1cc(C(C)(n2cccn2)C(F)(F)F)cc(C)c1NC(=O)OC(C)(C)C. The number of nitrogens with zero attached hydrogens (tertiary/aromatic N) is 2. The standard InChI is InChI=1S/C19H24F3N3O2/c1-12-10-14(18(6,19(20,21)22)25-9-7-8-23-25)11-13(2)15(12)24-16(26)27-17(3,4)5/h7-11H,1-6H3,(H,24,26). The Morgan fingerprint density at radius 2 is 1.67 bits per heavy atom. The van der Waals surface area contributed by atoms with Crippen LogP contribution in [0.2, 0.25) is 0 Å². The second-order valence-electron chi connectivity index (χ2n) is 7.63. The summed E-state index contributed by atoms with van der Waals surface area (Å²) in [5.74, 6) is 0. The van der Waals surface area contributed by atoms with Gasteiger partial charge >= 0.3 is 12.3 Å². The Bertz CT molecular complexity index is 801. The van der Waals surface area contributed by atoms with E-state index in [1.807, 2.05) is 0 Å². The van der Waals surface area contributed by atoms with Gasteiger partial charge in [-0.3, -0.25) is 10.00 Å². The van der Waals surface area contributed by atoms with Crippen molar-refractivity contribution in [3.05, 3.63) is 47.3 Å². The van der Waals surface area contributed by atoms with Crippen molar-refractivity contribution in [3.8, 4) is 0 Å². The highest BCUT2D eigenvalue weighted by molar-refractivity contribution is 5.87. The van der Waals surface area contributed by atoms with E-state index in [2.05, 4.69) is 10.4 Å². The summed E-state index contributed by atoms with van der Waals surface area (Å²) in [5, 5.41) is 6.43. The Balaban J connectivity index is 2.47. The van der Waals surface area contributed by atoms with Gasteiger partial charge in [0.15, 0.2) is 5.54 Å². The molecule has 8 heteroatoms. The number of hydrogen-bond donors (Lipinski definition) is 1. The third-order valence-corrected chi connectivity index (χ3v) is 4.24. The zero-order chi connectivity index (χ0) is 20.6. The smallest absolute Gasteiger partial charge is 0.417 e. The molecule has 1 atom stereocenters. The molecule has 0 spiro atoms. The number of carbonyl (C=O) groups excluding carboxylic acids is 1. The first-order valence-electron chi connectivity index (χ1n) is 8.44. The Hall–Kier alpha value is -2.51. The largest absolute Gasteiger partial charge is 0.444 e. The van der Waals surface area contributed by atoms with Crippen LogP contribution in [0.25, 0.3) is 0 Å². The number of amides is 1. The van der Waals surface area contributed by atoms with Crippen molar-refractivity contribution in [2.75, 3.05) is 5.32 Å². The minimum absolute atomic E-state index is 0.0310. The molecule has 0 aliphatic carbocycles. The number of hydrogen-bond acceptors (Lipinski definition) is 3. The van der Waals surface area contributed by atoms with Crippen LogP contribution in [-0.4, -0.2) is 27.7 Å². The van der Waals surface area contributed by atoms with E-state index in [-0.39, 0.29) is 5.56 Å². The third-order valence-electron chi connectivity index (χ3n) is 4.24. The maximum Gasteiger partial charge on any atom is 0.417 e. The molecule has 0 fully saturated rings. The van der Waals surface area contributed by atoms with Crippen LogP contribution in [0.4, 0.5) is 23.7 Å². The van der Waals surface area contributed by atoms with Crippen molar-refractivity contribution in [1.29, 1.82) is 0 Å². The summed E-state index contributed by atoms with van der Waals surface area (Å²) < 4.78 is 48.0. The first kappa shape index (κ1) is 20.8. The fraction of sp³-hybridized carbons (Fsp3) is 0.474. The molecule has 2 aromatic rings. The molecule has 148 valence electrons. The molecule has 1 aromatic heterocycles. The van der Waals surface area contributed by atoms with Crippen molar-refractivity contribution >= 4 is 11.8 Å². The highest BCUT2D eigenvalue weighted by Gasteiger charge is 2.54. The molecule has 1 N–H and O–H groups in total. The topological polar surface area (TPSA) is 56.2 Å².